The Kier molecular flexibility index (Phi) is 4.47. The summed E-state index contributed by atoms with van der Waals surface area (Å²) in [5.74, 6) is 2.05. The van der Waals surface area contributed by atoms with Crippen molar-refractivity contribution in [3.8, 4) is 11.5 Å². The number of carbonyl (C=O) groups excluding carboxylic acids is 1. The van der Waals surface area contributed by atoms with Gasteiger partial charge in [-0.05, 0) is 37.1 Å². The molecule has 1 N–H and O–H groups in total. The van der Waals surface area contributed by atoms with E-state index in [1.54, 1.807) is 29.4 Å². The summed E-state index contributed by atoms with van der Waals surface area (Å²) in [4.78, 5) is 14.5. The Balaban J connectivity index is 1.46. The number of urea groups is 1. The molecule has 25 heavy (non-hydrogen) atoms. The van der Waals surface area contributed by atoms with Gasteiger partial charge in [0.25, 0.3) is 0 Å². The highest BCUT2D eigenvalue weighted by molar-refractivity contribution is 5.89. The topological polar surface area (TPSA) is 73.2 Å². The molecular formula is C18H20N2O5. The monoisotopic (exact) mass is 344 g/mol. The van der Waals surface area contributed by atoms with Gasteiger partial charge in [-0.1, -0.05) is 0 Å². The Morgan fingerprint density at radius 2 is 2.16 bits per heavy atom. The second kappa shape index (κ2) is 7.06. The molecule has 0 spiro atoms. The van der Waals surface area contributed by atoms with E-state index < -0.39 is 0 Å². The lowest BCUT2D eigenvalue weighted by molar-refractivity contribution is 0.0803. The molecule has 0 radical (unpaired) electrons. The van der Waals surface area contributed by atoms with Gasteiger partial charge in [0, 0.05) is 24.9 Å². The molecule has 4 rings (SSSR count). The van der Waals surface area contributed by atoms with Crippen LogP contribution in [0.15, 0.2) is 41.0 Å². The zero-order chi connectivity index (χ0) is 17.1. The predicted octanol–water partition coefficient (Wildman–Crippen LogP) is 3.22. The van der Waals surface area contributed by atoms with E-state index in [1.165, 1.54) is 0 Å². The maximum atomic E-state index is 12.8. The SMILES string of the molecule is O=C(Nc1ccc2c(c1)OCO2)N(Cc1ccco1)CC1CCCO1. The average molecular weight is 344 g/mol. The van der Waals surface area contributed by atoms with Crippen LogP contribution < -0.4 is 14.8 Å². The van der Waals surface area contributed by atoms with Crippen molar-refractivity contribution in [2.75, 3.05) is 25.3 Å². The summed E-state index contributed by atoms with van der Waals surface area (Å²) in [5, 5.41) is 2.91. The third-order valence-electron chi connectivity index (χ3n) is 4.29. The lowest BCUT2D eigenvalue weighted by Gasteiger charge is -2.25. The minimum atomic E-state index is -0.203. The molecule has 7 heteroatoms. The van der Waals surface area contributed by atoms with E-state index >= 15 is 0 Å². The van der Waals surface area contributed by atoms with Gasteiger partial charge in [-0.15, -0.1) is 0 Å². The Morgan fingerprint density at radius 3 is 2.96 bits per heavy atom. The van der Waals surface area contributed by atoms with Crippen molar-refractivity contribution in [3.05, 3.63) is 42.4 Å². The van der Waals surface area contributed by atoms with Gasteiger partial charge in [0.2, 0.25) is 6.79 Å². The van der Waals surface area contributed by atoms with Gasteiger partial charge >= 0.3 is 6.03 Å². The Labute approximate surface area is 145 Å². The number of amides is 2. The van der Waals surface area contributed by atoms with Crippen LogP contribution in [0.4, 0.5) is 10.5 Å². The quantitative estimate of drug-likeness (QED) is 0.901. The largest absolute Gasteiger partial charge is 0.467 e. The molecular weight excluding hydrogens is 324 g/mol. The first-order valence-electron chi connectivity index (χ1n) is 8.37. The van der Waals surface area contributed by atoms with Gasteiger partial charge in [0.15, 0.2) is 11.5 Å². The van der Waals surface area contributed by atoms with Crippen molar-refractivity contribution in [1.29, 1.82) is 0 Å². The number of ether oxygens (including phenoxy) is 3. The maximum absolute atomic E-state index is 12.8. The van der Waals surface area contributed by atoms with Crippen LogP contribution in [-0.4, -0.2) is 37.0 Å². The third-order valence-corrected chi connectivity index (χ3v) is 4.29. The fraction of sp³-hybridized carbons (Fsp3) is 0.389. The molecule has 0 aliphatic carbocycles. The van der Waals surface area contributed by atoms with E-state index in [-0.39, 0.29) is 18.9 Å². The van der Waals surface area contributed by atoms with E-state index in [1.807, 2.05) is 12.1 Å². The van der Waals surface area contributed by atoms with Gasteiger partial charge in [0.05, 0.1) is 18.9 Å². The van der Waals surface area contributed by atoms with Crippen LogP contribution >= 0.6 is 0 Å². The third kappa shape index (κ3) is 3.71. The molecule has 1 aromatic heterocycles. The van der Waals surface area contributed by atoms with Crippen LogP contribution in [0.1, 0.15) is 18.6 Å². The fourth-order valence-corrected chi connectivity index (χ4v) is 3.02. The minimum Gasteiger partial charge on any atom is -0.467 e. The van der Waals surface area contributed by atoms with E-state index in [4.69, 9.17) is 18.6 Å². The normalized spacial score (nSPS) is 18.3. The first-order chi connectivity index (χ1) is 12.3. The number of carbonyl (C=O) groups is 1. The average Bonchev–Trinajstić information content (AvgIpc) is 3.36. The van der Waals surface area contributed by atoms with Gasteiger partial charge in [-0.2, -0.15) is 0 Å². The molecule has 1 saturated heterocycles. The predicted molar refractivity (Wildman–Crippen MR) is 89.7 cm³/mol. The summed E-state index contributed by atoms with van der Waals surface area (Å²) >= 11 is 0. The van der Waals surface area contributed by atoms with Crippen molar-refractivity contribution in [2.24, 2.45) is 0 Å². The number of anilines is 1. The van der Waals surface area contributed by atoms with Crippen molar-refractivity contribution >= 4 is 11.7 Å². The molecule has 2 amide bonds. The maximum Gasteiger partial charge on any atom is 0.322 e. The molecule has 0 saturated carbocycles. The standard InChI is InChI=1S/C18H20N2O5/c21-18(19-13-5-6-16-17(9-13)25-12-24-16)20(10-14-3-1-7-22-14)11-15-4-2-8-23-15/h1,3,5-7,9,15H,2,4,8,10-12H2,(H,19,21). The van der Waals surface area contributed by atoms with E-state index in [9.17, 15) is 4.79 Å². The molecule has 7 nitrogen and oxygen atoms in total. The van der Waals surface area contributed by atoms with Crippen molar-refractivity contribution in [2.45, 2.75) is 25.5 Å². The van der Waals surface area contributed by atoms with E-state index in [0.717, 1.165) is 25.2 Å². The highest BCUT2D eigenvalue weighted by Gasteiger charge is 2.24. The highest BCUT2D eigenvalue weighted by atomic mass is 16.7. The summed E-state index contributed by atoms with van der Waals surface area (Å²) in [7, 11) is 0. The van der Waals surface area contributed by atoms with Crippen LogP contribution in [-0.2, 0) is 11.3 Å². The summed E-state index contributed by atoms with van der Waals surface area (Å²) in [6, 6.07) is 8.81. The molecule has 1 fully saturated rings. The van der Waals surface area contributed by atoms with Crippen LogP contribution in [0.5, 0.6) is 11.5 Å². The molecule has 2 aliphatic rings. The van der Waals surface area contributed by atoms with Gasteiger partial charge < -0.3 is 28.8 Å². The summed E-state index contributed by atoms with van der Waals surface area (Å²) in [6.07, 6.45) is 3.67. The molecule has 2 aliphatic heterocycles. The first kappa shape index (κ1) is 15.8. The Hall–Kier alpha value is -2.67. The second-order valence-corrected chi connectivity index (χ2v) is 6.09. The zero-order valence-electron chi connectivity index (χ0n) is 13.8. The van der Waals surface area contributed by atoms with Crippen LogP contribution in [0, 0.1) is 0 Å². The number of fused-ring (bicyclic) bond motifs is 1. The fourth-order valence-electron chi connectivity index (χ4n) is 3.02. The van der Waals surface area contributed by atoms with Crippen molar-refractivity contribution in [1.82, 2.24) is 4.90 Å². The smallest absolute Gasteiger partial charge is 0.322 e. The molecule has 2 aromatic rings. The summed E-state index contributed by atoms with van der Waals surface area (Å²) < 4.78 is 21.7. The van der Waals surface area contributed by atoms with E-state index in [2.05, 4.69) is 5.32 Å². The molecule has 1 unspecified atom stereocenters. The molecule has 1 aromatic carbocycles. The van der Waals surface area contributed by atoms with Gasteiger partial charge in [-0.25, -0.2) is 4.79 Å². The van der Waals surface area contributed by atoms with Crippen LogP contribution in [0.2, 0.25) is 0 Å². The molecule has 1 atom stereocenters. The number of furan rings is 1. The highest BCUT2D eigenvalue weighted by Crippen LogP contribution is 2.34. The number of nitrogens with one attached hydrogen (secondary N) is 1. The first-order valence-corrected chi connectivity index (χ1v) is 8.37. The van der Waals surface area contributed by atoms with Crippen molar-refractivity contribution < 1.29 is 23.4 Å². The number of benzene rings is 1. The second-order valence-electron chi connectivity index (χ2n) is 6.09. The number of nitrogens with zero attached hydrogens (tertiary/aromatic N) is 1. The number of hydrogen-bond acceptors (Lipinski definition) is 5. The van der Waals surface area contributed by atoms with Crippen LogP contribution in [0.25, 0.3) is 0 Å². The van der Waals surface area contributed by atoms with Gasteiger partial charge in [-0.3, -0.25) is 0 Å². The van der Waals surface area contributed by atoms with E-state index in [0.29, 0.717) is 30.3 Å². The summed E-state index contributed by atoms with van der Waals surface area (Å²) in [5.41, 5.74) is 0.658. The number of hydrogen-bond donors (Lipinski definition) is 1. The zero-order valence-corrected chi connectivity index (χ0v) is 13.8. The Bertz CT molecular complexity index is 725. The summed E-state index contributed by atoms with van der Waals surface area (Å²) in [6.45, 7) is 1.87. The molecule has 132 valence electrons. The lowest BCUT2D eigenvalue weighted by Crippen LogP contribution is -2.39. The molecule has 3 heterocycles. The number of rotatable bonds is 5. The van der Waals surface area contributed by atoms with Gasteiger partial charge in [0.1, 0.15) is 5.76 Å². The molecule has 0 bridgehead atoms. The van der Waals surface area contributed by atoms with Crippen LogP contribution in [0.3, 0.4) is 0 Å². The lowest BCUT2D eigenvalue weighted by atomic mass is 10.2. The Morgan fingerprint density at radius 1 is 1.24 bits per heavy atom. The van der Waals surface area contributed by atoms with Crippen molar-refractivity contribution in [3.63, 3.8) is 0 Å². The minimum absolute atomic E-state index is 0.0671.